The van der Waals surface area contributed by atoms with Crippen molar-refractivity contribution in [3.05, 3.63) is 48.0 Å². The van der Waals surface area contributed by atoms with E-state index in [-0.39, 0.29) is 17.1 Å². The molecule has 2 aromatic rings. The van der Waals surface area contributed by atoms with Gasteiger partial charge in [-0.2, -0.15) is 5.26 Å². The molecule has 0 unspecified atom stereocenters. The Hall–Kier alpha value is -2.98. The number of likely N-dealkylation sites (tertiary alicyclic amines) is 1. The van der Waals surface area contributed by atoms with Crippen LogP contribution >= 0.6 is 0 Å². The van der Waals surface area contributed by atoms with E-state index in [9.17, 15) is 4.79 Å². The highest BCUT2D eigenvalue weighted by Crippen LogP contribution is 2.44. The standard InChI is InChI=1S/C19H19N5O2/c20-11-17-21-12-14(13-22-17)26-10-9-24-7-5-19(6-8-24)15-3-1-2-4-16(15)23-18(19)25/h1-4,12-13H,5-10H2,(H,23,25). The number of hydrogen-bond acceptors (Lipinski definition) is 6. The Bertz CT molecular complexity index is 851. The fourth-order valence-corrected chi connectivity index (χ4v) is 3.77. The third-order valence-electron chi connectivity index (χ3n) is 5.24. The number of nitriles is 1. The summed E-state index contributed by atoms with van der Waals surface area (Å²) in [6.45, 7) is 3.01. The first kappa shape index (κ1) is 16.5. The van der Waals surface area contributed by atoms with Gasteiger partial charge in [-0.05, 0) is 37.6 Å². The normalized spacial score (nSPS) is 18.2. The number of nitrogens with zero attached hydrogens (tertiary/aromatic N) is 4. The number of anilines is 1. The van der Waals surface area contributed by atoms with Gasteiger partial charge in [0.1, 0.15) is 12.7 Å². The third kappa shape index (κ3) is 2.89. The second-order valence-corrected chi connectivity index (χ2v) is 6.63. The molecule has 1 saturated heterocycles. The number of aromatic nitrogens is 2. The highest BCUT2D eigenvalue weighted by molar-refractivity contribution is 6.06. The number of rotatable bonds is 4. The summed E-state index contributed by atoms with van der Waals surface area (Å²) >= 11 is 0. The number of carbonyl (C=O) groups is 1. The van der Waals surface area contributed by atoms with Crippen LogP contribution in [0.3, 0.4) is 0 Å². The Morgan fingerprint density at radius 2 is 1.96 bits per heavy atom. The maximum Gasteiger partial charge on any atom is 0.235 e. The largest absolute Gasteiger partial charge is 0.489 e. The molecule has 0 atom stereocenters. The zero-order valence-corrected chi connectivity index (χ0v) is 14.3. The van der Waals surface area contributed by atoms with Gasteiger partial charge in [0.25, 0.3) is 0 Å². The van der Waals surface area contributed by atoms with Crippen molar-refractivity contribution < 1.29 is 9.53 Å². The first-order valence-electron chi connectivity index (χ1n) is 8.69. The molecule has 2 aliphatic heterocycles. The number of amides is 1. The average molecular weight is 349 g/mol. The van der Waals surface area contributed by atoms with E-state index in [4.69, 9.17) is 10.00 Å². The molecule has 2 aliphatic rings. The molecule has 1 aromatic heterocycles. The Balaban J connectivity index is 1.31. The zero-order chi connectivity index (χ0) is 18.0. The van der Waals surface area contributed by atoms with Gasteiger partial charge in [0.05, 0.1) is 17.8 Å². The molecule has 26 heavy (non-hydrogen) atoms. The summed E-state index contributed by atoms with van der Waals surface area (Å²) in [5.74, 6) is 0.819. The van der Waals surface area contributed by atoms with Crippen molar-refractivity contribution in [1.29, 1.82) is 5.26 Å². The number of benzene rings is 1. The summed E-state index contributed by atoms with van der Waals surface area (Å²) in [6.07, 6.45) is 4.65. The third-order valence-corrected chi connectivity index (χ3v) is 5.24. The summed E-state index contributed by atoms with van der Waals surface area (Å²) in [5.41, 5.74) is 1.71. The maximum absolute atomic E-state index is 12.6. The van der Waals surface area contributed by atoms with Crippen LogP contribution in [0.4, 0.5) is 5.69 Å². The summed E-state index contributed by atoms with van der Waals surface area (Å²) in [4.78, 5) is 22.7. The van der Waals surface area contributed by atoms with Crippen LogP contribution in [0, 0.1) is 11.3 Å². The average Bonchev–Trinajstić information content (AvgIpc) is 2.96. The van der Waals surface area contributed by atoms with Crippen LogP contribution in [-0.2, 0) is 10.2 Å². The van der Waals surface area contributed by atoms with Gasteiger partial charge in [-0.3, -0.25) is 9.69 Å². The Morgan fingerprint density at radius 3 is 2.69 bits per heavy atom. The van der Waals surface area contributed by atoms with E-state index in [0.29, 0.717) is 12.4 Å². The van der Waals surface area contributed by atoms with Gasteiger partial charge < -0.3 is 10.1 Å². The smallest absolute Gasteiger partial charge is 0.235 e. The molecule has 0 radical (unpaired) electrons. The zero-order valence-electron chi connectivity index (χ0n) is 14.3. The predicted molar refractivity (Wildman–Crippen MR) is 94.7 cm³/mol. The van der Waals surface area contributed by atoms with E-state index >= 15 is 0 Å². The highest BCUT2D eigenvalue weighted by atomic mass is 16.5. The number of ether oxygens (including phenoxy) is 1. The molecule has 1 spiro atoms. The fourth-order valence-electron chi connectivity index (χ4n) is 3.77. The van der Waals surface area contributed by atoms with Crippen molar-refractivity contribution in [2.45, 2.75) is 18.3 Å². The van der Waals surface area contributed by atoms with Crippen LogP contribution in [0.5, 0.6) is 5.75 Å². The molecule has 3 heterocycles. The lowest BCUT2D eigenvalue weighted by molar-refractivity contribution is -0.122. The fraction of sp³-hybridized carbons (Fsp3) is 0.368. The first-order chi connectivity index (χ1) is 12.7. The lowest BCUT2D eigenvalue weighted by Crippen LogP contribution is -2.47. The van der Waals surface area contributed by atoms with Gasteiger partial charge in [0.2, 0.25) is 11.7 Å². The second-order valence-electron chi connectivity index (χ2n) is 6.63. The number of hydrogen-bond donors (Lipinski definition) is 1. The number of para-hydroxylation sites is 1. The van der Waals surface area contributed by atoms with Gasteiger partial charge in [0, 0.05) is 12.2 Å². The monoisotopic (exact) mass is 349 g/mol. The molecular formula is C19H19N5O2. The molecule has 1 amide bonds. The molecule has 132 valence electrons. The minimum atomic E-state index is -0.380. The lowest BCUT2D eigenvalue weighted by atomic mass is 9.74. The van der Waals surface area contributed by atoms with Crippen LogP contribution < -0.4 is 10.1 Å². The van der Waals surface area contributed by atoms with Crippen molar-refractivity contribution in [1.82, 2.24) is 14.9 Å². The van der Waals surface area contributed by atoms with E-state index in [1.54, 1.807) is 0 Å². The quantitative estimate of drug-likeness (QED) is 0.904. The predicted octanol–water partition coefficient (Wildman–Crippen LogP) is 1.71. The van der Waals surface area contributed by atoms with Crippen LogP contribution in [0.25, 0.3) is 0 Å². The second kappa shape index (κ2) is 6.73. The van der Waals surface area contributed by atoms with Gasteiger partial charge in [-0.1, -0.05) is 18.2 Å². The van der Waals surface area contributed by atoms with E-state index < -0.39 is 0 Å². The summed E-state index contributed by atoms with van der Waals surface area (Å²) in [6, 6.07) is 9.87. The van der Waals surface area contributed by atoms with Crippen LogP contribution in [0.15, 0.2) is 36.7 Å². The van der Waals surface area contributed by atoms with Gasteiger partial charge in [-0.25, -0.2) is 9.97 Å². The number of nitrogens with one attached hydrogen (secondary N) is 1. The van der Waals surface area contributed by atoms with E-state index in [0.717, 1.165) is 43.7 Å². The molecule has 0 bridgehead atoms. The minimum Gasteiger partial charge on any atom is -0.489 e. The number of fused-ring (bicyclic) bond motifs is 2. The van der Waals surface area contributed by atoms with Crippen molar-refractivity contribution >= 4 is 11.6 Å². The van der Waals surface area contributed by atoms with E-state index in [2.05, 4.69) is 26.3 Å². The topological polar surface area (TPSA) is 91.1 Å². The summed E-state index contributed by atoms with van der Waals surface area (Å²) < 4.78 is 5.65. The van der Waals surface area contributed by atoms with Crippen molar-refractivity contribution in [2.24, 2.45) is 0 Å². The van der Waals surface area contributed by atoms with Crippen LogP contribution in [-0.4, -0.2) is 47.0 Å². The Kier molecular flexibility index (Phi) is 4.27. The Morgan fingerprint density at radius 1 is 1.23 bits per heavy atom. The molecule has 0 saturated carbocycles. The van der Waals surface area contributed by atoms with Crippen molar-refractivity contribution in [2.75, 3.05) is 31.6 Å². The molecule has 7 heteroatoms. The van der Waals surface area contributed by atoms with Gasteiger partial charge >= 0.3 is 0 Å². The van der Waals surface area contributed by atoms with Crippen molar-refractivity contribution in [3.63, 3.8) is 0 Å². The Labute approximate surface area is 151 Å². The SMILES string of the molecule is N#Cc1ncc(OCCN2CCC3(CC2)C(=O)Nc2ccccc23)cn1. The summed E-state index contributed by atoms with van der Waals surface area (Å²) in [7, 11) is 0. The number of carbonyl (C=O) groups excluding carboxylic acids is 1. The molecule has 1 N–H and O–H groups in total. The van der Waals surface area contributed by atoms with E-state index in [1.807, 2.05) is 24.3 Å². The molecule has 4 rings (SSSR count). The lowest BCUT2D eigenvalue weighted by Gasteiger charge is -2.37. The first-order valence-corrected chi connectivity index (χ1v) is 8.69. The minimum absolute atomic E-state index is 0.129. The molecule has 7 nitrogen and oxygen atoms in total. The van der Waals surface area contributed by atoms with E-state index in [1.165, 1.54) is 12.4 Å². The molecule has 1 fully saturated rings. The molecule has 0 aliphatic carbocycles. The molecular weight excluding hydrogens is 330 g/mol. The van der Waals surface area contributed by atoms with Gasteiger partial charge in [-0.15, -0.1) is 0 Å². The highest BCUT2D eigenvalue weighted by Gasteiger charge is 2.48. The number of piperidine rings is 1. The van der Waals surface area contributed by atoms with Crippen LogP contribution in [0.1, 0.15) is 24.2 Å². The van der Waals surface area contributed by atoms with Crippen molar-refractivity contribution in [3.8, 4) is 11.8 Å². The molecule has 1 aromatic carbocycles. The van der Waals surface area contributed by atoms with Crippen LogP contribution in [0.2, 0.25) is 0 Å². The summed E-state index contributed by atoms with van der Waals surface area (Å²) in [5, 5.41) is 11.7. The van der Waals surface area contributed by atoms with Gasteiger partial charge in [0.15, 0.2) is 5.75 Å². The maximum atomic E-state index is 12.6.